The number of hydrogen-bond donors (Lipinski definition) is 2. The summed E-state index contributed by atoms with van der Waals surface area (Å²) in [5, 5.41) is 5.71. The van der Waals surface area contributed by atoms with Crippen LogP contribution in [0.4, 0.5) is 19.3 Å². The van der Waals surface area contributed by atoms with Crippen molar-refractivity contribution in [3.63, 3.8) is 0 Å². The molecule has 1 fully saturated rings. The molecule has 1 saturated heterocycles. The standard InChI is InChI=1S/C22H24ClF2N3O3/c23-11-21(29)27-13-18-14-28(22(30)31-18)17-6-7-19(20(25)10-17)16-4-2-15(3-5-16)12-26-9-1-8-24/h2-7,10,18,26H,1,8-9,11-14H2,(H,27,29). The van der Waals surface area contributed by atoms with Gasteiger partial charge in [0.15, 0.2) is 0 Å². The highest BCUT2D eigenvalue weighted by Crippen LogP contribution is 2.29. The molecule has 2 aromatic rings. The van der Waals surface area contributed by atoms with Gasteiger partial charge in [0, 0.05) is 12.1 Å². The summed E-state index contributed by atoms with van der Waals surface area (Å²) >= 11 is 5.43. The van der Waals surface area contributed by atoms with Gasteiger partial charge in [0.05, 0.1) is 25.5 Å². The Kier molecular flexibility index (Phi) is 8.20. The van der Waals surface area contributed by atoms with Crippen LogP contribution in [0.5, 0.6) is 0 Å². The van der Waals surface area contributed by atoms with Crippen molar-refractivity contribution in [2.75, 3.05) is 37.1 Å². The number of anilines is 1. The minimum Gasteiger partial charge on any atom is -0.442 e. The van der Waals surface area contributed by atoms with Crippen molar-refractivity contribution in [3.8, 4) is 11.1 Å². The Bertz CT molecular complexity index is 911. The molecule has 1 aliphatic rings. The monoisotopic (exact) mass is 451 g/mol. The van der Waals surface area contributed by atoms with Gasteiger partial charge in [-0.1, -0.05) is 24.3 Å². The van der Waals surface area contributed by atoms with E-state index < -0.39 is 18.0 Å². The summed E-state index contributed by atoms with van der Waals surface area (Å²) in [4.78, 5) is 24.7. The molecule has 0 spiro atoms. The van der Waals surface area contributed by atoms with Crippen molar-refractivity contribution in [3.05, 3.63) is 53.8 Å². The average Bonchev–Trinajstić information content (AvgIpc) is 3.16. The largest absolute Gasteiger partial charge is 0.442 e. The molecule has 31 heavy (non-hydrogen) atoms. The molecule has 1 heterocycles. The third-order valence-electron chi connectivity index (χ3n) is 4.87. The molecule has 1 unspecified atom stereocenters. The topological polar surface area (TPSA) is 70.7 Å². The first-order valence-electron chi connectivity index (χ1n) is 9.98. The summed E-state index contributed by atoms with van der Waals surface area (Å²) in [5.41, 5.74) is 2.53. The zero-order valence-electron chi connectivity index (χ0n) is 16.9. The van der Waals surface area contributed by atoms with Crippen LogP contribution < -0.4 is 15.5 Å². The van der Waals surface area contributed by atoms with E-state index in [-0.39, 0.29) is 31.6 Å². The van der Waals surface area contributed by atoms with Crippen LogP contribution in [0.2, 0.25) is 0 Å². The van der Waals surface area contributed by atoms with E-state index in [1.807, 2.05) is 24.3 Å². The zero-order chi connectivity index (χ0) is 22.2. The summed E-state index contributed by atoms with van der Waals surface area (Å²) in [6, 6.07) is 12.0. The number of carbonyl (C=O) groups is 2. The van der Waals surface area contributed by atoms with Crippen LogP contribution in [-0.2, 0) is 16.1 Å². The molecular weight excluding hydrogens is 428 g/mol. The Morgan fingerprint density at radius 1 is 1.23 bits per heavy atom. The average molecular weight is 452 g/mol. The van der Waals surface area contributed by atoms with E-state index in [4.69, 9.17) is 16.3 Å². The molecule has 0 radical (unpaired) electrons. The number of nitrogens with zero attached hydrogens (tertiary/aromatic N) is 1. The lowest BCUT2D eigenvalue weighted by molar-refractivity contribution is -0.119. The first-order chi connectivity index (χ1) is 15.0. The lowest BCUT2D eigenvalue weighted by Gasteiger charge is -2.15. The van der Waals surface area contributed by atoms with E-state index in [2.05, 4.69) is 10.6 Å². The van der Waals surface area contributed by atoms with Crippen LogP contribution in [-0.4, -0.2) is 50.3 Å². The normalized spacial score (nSPS) is 15.8. The number of cyclic esters (lactones) is 1. The fraction of sp³-hybridized carbons (Fsp3) is 0.364. The maximum atomic E-state index is 14.8. The van der Waals surface area contributed by atoms with Crippen molar-refractivity contribution < 1.29 is 23.1 Å². The second kappa shape index (κ2) is 11.1. The Balaban J connectivity index is 1.63. The lowest BCUT2D eigenvalue weighted by atomic mass is 10.0. The molecule has 9 heteroatoms. The third kappa shape index (κ3) is 6.15. The lowest BCUT2D eigenvalue weighted by Crippen LogP contribution is -2.35. The number of benzene rings is 2. The smallest absolute Gasteiger partial charge is 0.414 e. The van der Waals surface area contributed by atoms with Crippen LogP contribution in [0.15, 0.2) is 42.5 Å². The number of nitrogens with one attached hydrogen (secondary N) is 2. The first-order valence-corrected chi connectivity index (χ1v) is 10.5. The number of hydrogen-bond acceptors (Lipinski definition) is 4. The van der Waals surface area contributed by atoms with Crippen molar-refractivity contribution in [2.24, 2.45) is 0 Å². The fourth-order valence-corrected chi connectivity index (χ4v) is 3.34. The molecule has 0 aliphatic carbocycles. The van der Waals surface area contributed by atoms with Crippen molar-refractivity contribution >= 4 is 29.3 Å². The molecule has 2 N–H and O–H groups in total. The van der Waals surface area contributed by atoms with E-state index in [1.54, 1.807) is 12.1 Å². The molecule has 3 rings (SSSR count). The summed E-state index contributed by atoms with van der Waals surface area (Å²) < 4.78 is 32.1. The molecule has 1 atom stereocenters. The summed E-state index contributed by atoms with van der Waals surface area (Å²) in [6.07, 6.45) is -0.654. The second-order valence-electron chi connectivity index (χ2n) is 7.13. The van der Waals surface area contributed by atoms with Gasteiger partial charge in [-0.25, -0.2) is 9.18 Å². The molecule has 0 saturated carbocycles. The predicted octanol–water partition coefficient (Wildman–Crippen LogP) is 3.62. The number of carbonyl (C=O) groups excluding carboxylic acids is 2. The van der Waals surface area contributed by atoms with Gasteiger partial charge in [-0.2, -0.15) is 0 Å². The molecule has 6 nitrogen and oxygen atoms in total. The minimum atomic E-state index is -0.595. The highest BCUT2D eigenvalue weighted by molar-refractivity contribution is 6.27. The van der Waals surface area contributed by atoms with E-state index in [0.29, 0.717) is 36.3 Å². The van der Waals surface area contributed by atoms with Gasteiger partial charge in [-0.15, -0.1) is 11.6 Å². The highest BCUT2D eigenvalue weighted by Gasteiger charge is 2.32. The highest BCUT2D eigenvalue weighted by atomic mass is 35.5. The van der Waals surface area contributed by atoms with Gasteiger partial charge < -0.3 is 15.4 Å². The molecule has 0 bridgehead atoms. The van der Waals surface area contributed by atoms with Gasteiger partial charge in [-0.3, -0.25) is 14.1 Å². The van der Waals surface area contributed by atoms with Gasteiger partial charge >= 0.3 is 6.09 Å². The van der Waals surface area contributed by atoms with E-state index in [1.165, 1.54) is 11.0 Å². The van der Waals surface area contributed by atoms with Crippen LogP contribution in [0.25, 0.3) is 11.1 Å². The second-order valence-corrected chi connectivity index (χ2v) is 7.40. The summed E-state index contributed by atoms with van der Waals surface area (Å²) in [5.74, 6) is -0.987. The molecule has 166 valence electrons. The molecular formula is C22H24ClF2N3O3. The molecule has 0 aromatic heterocycles. The summed E-state index contributed by atoms with van der Waals surface area (Å²) in [6.45, 7) is 1.22. The van der Waals surface area contributed by atoms with Gasteiger partial charge in [-0.05, 0) is 42.3 Å². The number of alkyl halides is 2. The quantitative estimate of drug-likeness (QED) is 0.427. The van der Waals surface area contributed by atoms with Crippen LogP contribution in [0.1, 0.15) is 12.0 Å². The Morgan fingerprint density at radius 3 is 2.68 bits per heavy atom. The van der Waals surface area contributed by atoms with E-state index in [9.17, 15) is 18.4 Å². The zero-order valence-corrected chi connectivity index (χ0v) is 17.6. The van der Waals surface area contributed by atoms with Crippen molar-refractivity contribution in [2.45, 2.75) is 19.1 Å². The van der Waals surface area contributed by atoms with Gasteiger partial charge in [0.2, 0.25) is 5.91 Å². The van der Waals surface area contributed by atoms with Crippen molar-refractivity contribution in [1.82, 2.24) is 10.6 Å². The number of halogens is 3. The van der Waals surface area contributed by atoms with E-state index >= 15 is 0 Å². The summed E-state index contributed by atoms with van der Waals surface area (Å²) in [7, 11) is 0. The SMILES string of the molecule is O=C(CCl)NCC1CN(c2ccc(-c3ccc(CNCCCF)cc3)c(F)c2)C(=O)O1. The molecule has 2 amide bonds. The van der Waals surface area contributed by atoms with E-state index in [0.717, 1.165) is 5.56 Å². The number of rotatable bonds is 10. The predicted molar refractivity (Wildman–Crippen MR) is 115 cm³/mol. The Labute approximate surface area is 184 Å². The van der Waals surface area contributed by atoms with Crippen LogP contribution in [0.3, 0.4) is 0 Å². The molecule has 1 aliphatic heterocycles. The Hall–Kier alpha value is -2.71. The Morgan fingerprint density at radius 2 is 2.00 bits per heavy atom. The number of amides is 2. The number of ether oxygens (including phenoxy) is 1. The minimum absolute atomic E-state index is 0.142. The van der Waals surface area contributed by atoms with Crippen LogP contribution >= 0.6 is 11.6 Å². The third-order valence-corrected chi connectivity index (χ3v) is 5.11. The fourth-order valence-electron chi connectivity index (χ4n) is 3.25. The molecule has 2 aromatic carbocycles. The van der Waals surface area contributed by atoms with Crippen LogP contribution in [0, 0.1) is 5.82 Å². The van der Waals surface area contributed by atoms with Gasteiger partial charge in [0.25, 0.3) is 0 Å². The van der Waals surface area contributed by atoms with Crippen molar-refractivity contribution in [1.29, 1.82) is 0 Å². The maximum Gasteiger partial charge on any atom is 0.414 e. The maximum absolute atomic E-state index is 14.8. The first kappa shape index (κ1) is 23.0. The van der Waals surface area contributed by atoms with Gasteiger partial charge in [0.1, 0.15) is 17.8 Å².